The van der Waals surface area contributed by atoms with Gasteiger partial charge in [0.15, 0.2) is 5.76 Å². The summed E-state index contributed by atoms with van der Waals surface area (Å²) < 4.78 is 10.5. The number of furan rings is 1. The quantitative estimate of drug-likeness (QED) is 0.942. The maximum atomic E-state index is 11.9. The Morgan fingerprint density at radius 2 is 2.14 bits per heavy atom. The summed E-state index contributed by atoms with van der Waals surface area (Å²) in [6.45, 7) is 1.95. The Kier molecular flexibility index (Phi) is 4.44. The fourth-order valence-corrected chi connectivity index (χ4v) is 2.72. The van der Waals surface area contributed by atoms with Crippen LogP contribution in [0.15, 0.2) is 47.1 Å². The summed E-state index contributed by atoms with van der Waals surface area (Å²) in [5.41, 5.74) is 1.91. The van der Waals surface area contributed by atoms with Crippen LogP contribution in [0.2, 0.25) is 0 Å². The van der Waals surface area contributed by atoms with Gasteiger partial charge < -0.3 is 19.4 Å². The van der Waals surface area contributed by atoms with Gasteiger partial charge in [0.2, 0.25) is 0 Å². The van der Waals surface area contributed by atoms with Gasteiger partial charge in [0.05, 0.1) is 12.4 Å². The van der Waals surface area contributed by atoms with Gasteiger partial charge in [-0.1, -0.05) is 0 Å². The van der Waals surface area contributed by atoms with Crippen molar-refractivity contribution in [2.45, 2.75) is 18.9 Å². The van der Waals surface area contributed by atoms with Crippen molar-refractivity contribution in [1.82, 2.24) is 0 Å². The molecule has 1 N–H and O–H groups in total. The Balaban J connectivity index is 1.64. The predicted octanol–water partition coefficient (Wildman–Crippen LogP) is 3.15. The highest BCUT2D eigenvalue weighted by Crippen LogP contribution is 2.23. The standard InChI is InChI=1S/C17H20N2O3/c1-21-15-4-2-10-19(12-15)14-8-6-13(7-9-14)18-17(20)16-5-3-11-22-16/h3,5-9,11,15H,2,4,10,12H2,1H3,(H,18,20)/t15-/m1/s1. The van der Waals surface area contributed by atoms with Gasteiger partial charge in [-0.2, -0.15) is 0 Å². The number of anilines is 2. The van der Waals surface area contributed by atoms with Crippen LogP contribution in [0.4, 0.5) is 11.4 Å². The largest absolute Gasteiger partial charge is 0.459 e. The van der Waals surface area contributed by atoms with E-state index in [1.807, 2.05) is 24.3 Å². The molecule has 1 atom stereocenters. The molecule has 0 saturated carbocycles. The number of piperidine rings is 1. The van der Waals surface area contributed by atoms with E-state index in [0.29, 0.717) is 11.9 Å². The second kappa shape index (κ2) is 6.66. The first-order valence-electron chi connectivity index (χ1n) is 7.49. The van der Waals surface area contributed by atoms with Crippen molar-refractivity contribution in [3.8, 4) is 0 Å². The van der Waals surface area contributed by atoms with E-state index in [-0.39, 0.29) is 5.91 Å². The van der Waals surface area contributed by atoms with Crippen LogP contribution in [0.1, 0.15) is 23.4 Å². The van der Waals surface area contributed by atoms with Crippen molar-refractivity contribution in [3.63, 3.8) is 0 Å². The van der Waals surface area contributed by atoms with Crippen molar-refractivity contribution in [2.24, 2.45) is 0 Å². The molecule has 2 heterocycles. The zero-order valence-corrected chi connectivity index (χ0v) is 12.6. The molecule has 0 bridgehead atoms. The van der Waals surface area contributed by atoms with Gasteiger partial charge in [0.1, 0.15) is 0 Å². The lowest BCUT2D eigenvalue weighted by Gasteiger charge is -2.33. The van der Waals surface area contributed by atoms with Gasteiger partial charge in [-0.15, -0.1) is 0 Å². The summed E-state index contributed by atoms with van der Waals surface area (Å²) in [6.07, 6.45) is 4.03. The van der Waals surface area contributed by atoms with Crippen molar-refractivity contribution in [2.75, 3.05) is 30.4 Å². The van der Waals surface area contributed by atoms with E-state index in [0.717, 1.165) is 37.3 Å². The number of nitrogens with one attached hydrogen (secondary N) is 1. The van der Waals surface area contributed by atoms with E-state index in [9.17, 15) is 4.79 Å². The fourth-order valence-electron chi connectivity index (χ4n) is 2.72. The zero-order chi connectivity index (χ0) is 15.4. The molecular formula is C17H20N2O3. The van der Waals surface area contributed by atoms with E-state index in [4.69, 9.17) is 9.15 Å². The molecule has 5 heteroatoms. The fraction of sp³-hybridized carbons (Fsp3) is 0.353. The van der Waals surface area contributed by atoms with Gasteiger partial charge in [0, 0.05) is 31.6 Å². The molecule has 3 rings (SSSR count). The minimum atomic E-state index is -0.241. The third kappa shape index (κ3) is 3.31. The van der Waals surface area contributed by atoms with E-state index in [1.165, 1.54) is 6.26 Å². The van der Waals surface area contributed by atoms with Crippen molar-refractivity contribution >= 4 is 17.3 Å². The molecule has 1 aromatic heterocycles. The van der Waals surface area contributed by atoms with Crippen molar-refractivity contribution in [3.05, 3.63) is 48.4 Å². The minimum Gasteiger partial charge on any atom is -0.459 e. The Hall–Kier alpha value is -2.27. The molecule has 1 saturated heterocycles. The lowest BCUT2D eigenvalue weighted by atomic mass is 10.1. The van der Waals surface area contributed by atoms with Gasteiger partial charge >= 0.3 is 0 Å². The highest BCUT2D eigenvalue weighted by molar-refractivity contribution is 6.02. The molecule has 1 aliphatic rings. The zero-order valence-electron chi connectivity index (χ0n) is 12.6. The Bertz CT molecular complexity index is 607. The number of rotatable bonds is 4. The molecule has 1 amide bonds. The van der Waals surface area contributed by atoms with Gasteiger partial charge in [-0.3, -0.25) is 4.79 Å². The first kappa shape index (κ1) is 14.7. The molecule has 22 heavy (non-hydrogen) atoms. The maximum Gasteiger partial charge on any atom is 0.291 e. The molecule has 1 aliphatic heterocycles. The van der Waals surface area contributed by atoms with Crippen molar-refractivity contribution in [1.29, 1.82) is 0 Å². The van der Waals surface area contributed by atoms with E-state index < -0.39 is 0 Å². The van der Waals surface area contributed by atoms with Gasteiger partial charge in [-0.25, -0.2) is 0 Å². The summed E-state index contributed by atoms with van der Waals surface area (Å²) in [6, 6.07) is 11.2. The number of carbonyl (C=O) groups excluding carboxylic acids is 1. The normalized spacial score (nSPS) is 18.2. The van der Waals surface area contributed by atoms with E-state index in [1.54, 1.807) is 19.2 Å². The summed E-state index contributed by atoms with van der Waals surface area (Å²) in [5, 5.41) is 2.82. The Morgan fingerprint density at radius 3 is 2.82 bits per heavy atom. The van der Waals surface area contributed by atoms with Crippen LogP contribution in [-0.4, -0.2) is 32.2 Å². The SMILES string of the molecule is CO[C@@H]1CCCN(c2ccc(NC(=O)c3ccco3)cc2)C1. The summed E-state index contributed by atoms with van der Waals surface area (Å²) >= 11 is 0. The number of methoxy groups -OCH3 is 1. The number of amides is 1. The van der Waals surface area contributed by atoms with Crippen LogP contribution in [0.25, 0.3) is 0 Å². The lowest BCUT2D eigenvalue weighted by molar-refractivity contribution is 0.0893. The minimum absolute atomic E-state index is 0.241. The van der Waals surface area contributed by atoms with E-state index in [2.05, 4.69) is 10.2 Å². The molecule has 1 fully saturated rings. The molecule has 2 aromatic rings. The number of benzene rings is 1. The maximum absolute atomic E-state index is 11.9. The molecule has 0 radical (unpaired) electrons. The monoisotopic (exact) mass is 300 g/mol. The predicted molar refractivity (Wildman–Crippen MR) is 85.3 cm³/mol. The highest BCUT2D eigenvalue weighted by Gasteiger charge is 2.19. The van der Waals surface area contributed by atoms with Crippen LogP contribution in [0, 0.1) is 0 Å². The Morgan fingerprint density at radius 1 is 1.32 bits per heavy atom. The molecule has 5 nitrogen and oxygen atoms in total. The molecule has 116 valence electrons. The first-order valence-corrected chi connectivity index (χ1v) is 7.49. The van der Waals surface area contributed by atoms with Crippen LogP contribution >= 0.6 is 0 Å². The second-order valence-electron chi connectivity index (χ2n) is 5.42. The smallest absolute Gasteiger partial charge is 0.291 e. The topological polar surface area (TPSA) is 54.7 Å². The molecular weight excluding hydrogens is 280 g/mol. The van der Waals surface area contributed by atoms with Crippen molar-refractivity contribution < 1.29 is 13.9 Å². The Labute approximate surface area is 129 Å². The summed E-state index contributed by atoms with van der Waals surface area (Å²) in [7, 11) is 1.77. The van der Waals surface area contributed by atoms with Crippen LogP contribution in [0.3, 0.4) is 0 Å². The number of hydrogen-bond donors (Lipinski definition) is 1. The van der Waals surface area contributed by atoms with E-state index >= 15 is 0 Å². The summed E-state index contributed by atoms with van der Waals surface area (Å²) in [5.74, 6) is 0.0678. The highest BCUT2D eigenvalue weighted by atomic mass is 16.5. The van der Waals surface area contributed by atoms with Gasteiger partial charge in [0.25, 0.3) is 5.91 Å². The first-order chi connectivity index (χ1) is 10.8. The summed E-state index contributed by atoms with van der Waals surface area (Å²) in [4.78, 5) is 14.2. The molecule has 0 spiro atoms. The molecule has 1 aromatic carbocycles. The molecule has 0 aliphatic carbocycles. The average Bonchev–Trinajstić information content (AvgIpc) is 3.10. The van der Waals surface area contributed by atoms with Gasteiger partial charge in [-0.05, 0) is 49.2 Å². The second-order valence-corrected chi connectivity index (χ2v) is 5.42. The molecule has 0 unspecified atom stereocenters. The van der Waals surface area contributed by atoms with Crippen LogP contribution in [0.5, 0.6) is 0 Å². The average molecular weight is 300 g/mol. The number of nitrogens with zero attached hydrogens (tertiary/aromatic N) is 1. The third-order valence-corrected chi connectivity index (χ3v) is 3.95. The van der Waals surface area contributed by atoms with Crippen LogP contribution in [-0.2, 0) is 4.74 Å². The lowest BCUT2D eigenvalue weighted by Crippen LogP contribution is -2.39. The number of carbonyl (C=O) groups is 1. The van der Waals surface area contributed by atoms with Crippen LogP contribution < -0.4 is 10.2 Å². The third-order valence-electron chi connectivity index (χ3n) is 3.95. The number of hydrogen-bond acceptors (Lipinski definition) is 4. The number of ether oxygens (including phenoxy) is 1.